The second-order valence-electron chi connectivity index (χ2n) is 6.71. The predicted octanol–water partition coefficient (Wildman–Crippen LogP) is 4.92. The van der Waals surface area contributed by atoms with Gasteiger partial charge in [-0.05, 0) is 41.8 Å². The van der Waals surface area contributed by atoms with Crippen molar-refractivity contribution in [2.24, 2.45) is 0 Å². The highest BCUT2D eigenvalue weighted by Gasteiger charge is 2.14. The van der Waals surface area contributed by atoms with Gasteiger partial charge >= 0.3 is 0 Å². The average Bonchev–Trinajstić information content (AvgIpc) is 3.19. The third kappa shape index (κ3) is 3.61. The van der Waals surface area contributed by atoms with Gasteiger partial charge in [0.25, 0.3) is 0 Å². The van der Waals surface area contributed by atoms with Gasteiger partial charge in [-0.3, -0.25) is 0 Å². The topological polar surface area (TPSA) is 56.3 Å². The molecule has 0 atom stereocenters. The summed E-state index contributed by atoms with van der Waals surface area (Å²) in [5.41, 5.74) is 3.12. The van der Waals surface area contributed by atoms with E-state index >= 15 is 0 Å². The molecule has 7 heteroatoms. The van der Waals surface area contributed by atoms with Crippen molar-refractivity contribution in [2.45, 2.75) is 6.42 Å². The summed E-state index contributed by atoms with van der Waals surface area (Å²) in [7, 11) is 0. The second-order valence-corrected chi connectivity index (χ2v) is 7.57. The van der Waals surface area contributed by atoms with Crippen LogP contribution in [-0.4, -0.2) is 29.7 Å². The summed E-state index contributed by atoms with van der Waals surface area (Å²) < 4.78 is 24.5. The largest absolute Gasteiger partial charge is 0.486 e. The molecule has 146 valence electrons. The smallest absolute Gasteiger partial charge is 0.161 e. The van der Waals surface area contributed by atoms with E-state index in [9.17, 15) is 4.39 Å². The number of nitrogens with zero attached hydrogens (tertiary/aromatic N) is 2. The maximum atomic E-state index is 13.3. The molecular formula is C22H18FN3O2S. The number of thiophene rings is 1. The fourth-order valence-corrected chi connectivity index (χ4v) is 4.34. The van der Waals surface area contributed by atoms with Gasteiger partial charge in [-0.25, -0.2) is 14.4 Å². The first-order valence-corrected chi connectivity index (χ1v) is 10.3. The molecule has 1 aliphatic heterocycles. The number of rotatable bonds is 5. The highest BCUT2D eigenvalue weighted by molar-refractivity contribution is 7.17. The molecule has 5 nitrogen and oxygen atoms in total. The van der Waals surface area contributed by atoms with Crippen molar-refractivity contribution >= 4 is 27.4 Å². The summed E-state index contributed by atoms with van der Waals surface area (Å²) in [6, 6.07) is 12.5. The van der Waals surface area contributed by atoms with Crippen LogP contribution in [0.5, 0.6) is 11.5 Å². The number of halogens is 1. The Hall–Kier alpha value is -3.19. The molecular weight excluding hydrogens is 389 g/mol. The van der Waals surface area contributed by atoms with Crippen LogP contribution < -0.4 is 14.8 Å². The summed E-state index contributed by atoms with van der Waals surface area (Å²) in [5, 5.41) is 6.44. The van der Waals surface area contributed by atoms with E-state index in [0.29, 0.717) is 19.8 Å². The molecule has 0 saturated carbocycles. The minimum atomic E-state index is -0.248. The van der Waals surface area contributed by atoms with Crippen molar-refractivity contribution < 1.29 is 13.9 Å². The number of aromatic nitrogens is 2. The van der Waals surface area contributed by atoms with Crippen LogP contribution in [0.3, 0.4) is 0 Å². The van der Waals surface area contributed by atoms with Crippen molar-refractivity contribution in [1.82, 2.24) is 9.97 Å². The zero-order valence-corrected chi connectivity index (χ0v) is 16.3. The third-order valence-electron chi connectivity index (χ3n) is 4.84. The molecule has 4 aromatic rings. The maximum Gasteiger partial charge on any atom is 0.161 e. The second kappa shape index (κ2) is 7.67. The standard InChI is InChI=1S/C22H18FN3O2S/c23-16-4-2-15(3-5-16)17-12-29-22-20(17)21(25-13-26-22)24-8-7-14-1-6-18-19(11-14)28-10-9-27-18/h1-6,11-13H,7-10H2,(H,24,25,26). The Morgan fingerprint density at radius 2 is 1.83 bits per heavy atom. The van der Waals surface area contributed by atoms with Crippen molar-refractivity contribution in [1.29, 1.82) is 0 Å². The normalized spacial score (nSPS) is 12.9. The number of hydrogen-bond acceptors (Lipinski definition) is 6. The van der Waals surface area contributed by atoms with Crippen molar-refractivity contribution in [2.75, 3.05) is 25.1 Å². The Kier molecular flexibility index (Phi) is 4.73. The van der Waals surface area contributed by atoms with E-state index in [1.807, 2.05) is 17.5 Å². The zero-order valence-electron chi connectivity index (χ0n) is 15.5. The Morgan fingerprint density at radius 1 is 1.00 bits per heavy atom. The molecule has 0 fully saturated rings. The first-order valence-electron chi connectivity index (χ1n) is 9.38. The fraction of sp³-hybridized carbons (Fsp3) is 0.182. The first kappa shape index (κ1) is 17.9. The molecule has 29 heavy (non-hydrogen) atoms. The molecule has 3 heterocycles. The first-order chi connectivity index (χ1) is 14.3. The lowest BCUT2D eigenvalue weighted by atomic mass is 10.1. The minimum absolute atomic E-state index is 0.248. The van der Waals surface area contributed by atoms with E-state index in [-0.39, 0.29) is 5.82 Å². The molecule has 2 aromatic heterocycles. The Bertz CT molecular complexity index is 1160. The number of benzene rings is 2. The van der Waals surface area contributed by atoms with Crippen LogP contribution >= 0.6 is 11.3 Å². The Labute approximate surface area is 171 Å². The van der Waals surface area contributed by atoms with Crippen LogP contribution in [0.4, 0.5) is 10.2 Å². The van der Waals surface area contributed by atoms with Gasteiger partial charge in [-0.1, -0.05) is 18.2 Å². The molecule has 0 bridgehead atoms. The number of ether oxygens (including phenoxy) is 2. The summed E-state index contributed by atoms with van der Waals surface area (Å²) in [6.45, 7) is 1.89. The van der Waals surface area contributed by atoms with Crippen molar-refractivity contribution in [3.63, 3.8) is 0 Å². The molecule has 0 radical (unpaired) electrons. The van der Waals surface area contributed by atoms with Gasteiger partial charge < -0.3 is 14.8 Å². The van der Waals surface area contributed by atoms with Gasteiger partial charge in [-0.2, -0.15) is 0 Å². The summed E-state index contributed by atoms with van der Waals surface area (Å²) in [4.78, 5) is 9.74. The van der Waals surface area contributed by atoms with Gasteiger partial charge in [0.2, 0.25) is 0 Å². The average molecular weight is 407 g/mol. The molecule has 0 aliphatic carbocycles. The number of hydrogen-bond donors (Lipinski definition) is 1. The van der Waals surface area contributed by atoms with Gasteiger partial charge in [0.05, 0.1) is 5.39 Å². The predicted molar refractivity (Wildman–Crippen MR) is 112 cm³/mol. The van der Waals surface area contributed by atoms with E-state index in [1.54, 1.807) is 29.8 Å². The van der Waals surface area contributed by atoms with E-state index < -0.39 is 0 Å². The van der Waals surface area contributed by atoms with Crippen molar-refractivity contribution in [3.05, 3.63) is 65.6 Å². The van der Waals surface area contributed by atoms with Gasteiger partial charge in [0, 0.05) is 17.5 Å². The van der Waals surface area contributed by atoms with Gasteiger partial charge in [0.1, 0.15) is 36.0 Å². The van der Waals surface area contributed by atoms with Crippen LogP contribution in [-0.2, 0) is 6.42 Å². The zero-order chi connectivity index (χ0) is 19.6. The van der Waals surface area contributed by atoms with E-state index in [0.717, 1.165) is 50.6 Å². The summed E-state index contributed by atoms with van der Waals surface area (Å²) in [5.74, 6) is 2.14. The minimum Gasteiger partial charge on any atom is -0.486 e. The Morgan fingerprint density at radius 3 is 2.69 bits per heavy atom. The summed E-state index contributed by atoms with van der Waals surface area (Å²) in [6.07, 6.45) is 2.39. The molecule has 0 saturated heterocycles. The lowest BCUT2D eigenvalue weighted by Gasteiger charge is -2.19. The van der Waals surface area contributed by atoms with E-state index in [1.165, 1.54) is 12.1 Å². The van der Waals surface area contributed by atoms with Gasteiger partial charge in [0.15, 0.2) is 11.5 Å². The number of anilines is 1. The molecule has 0 spiro atoms. The van der Waals surface area contributed by atoms with Crippen LogP contribution in [0, 0.1) is 5.82 Å². The van der Waals surface area contributed by atoms with Gasteiger partial charge in [-0.15, -0.1) is 11.3 Å². The molecule has 5 rings (SSSR count). The van der Waals surface area contributed by atoms with Crippen LogP contribution in [0.2, 0.25) is 0 Å². The highest BCUT2D eigenvalue weighted by Crippen LogP contribution is 2.36. The van der Waals surface area contributed by atoms with Crippen LogP contribution in [0.1, 0.15) is 5.56 Å². The van der Waals surface area contributed by atoms with E-state index in [4.69, 9.17) is 9.47 Å². The SMILES string of the molecule is Fc1ccc(-c2csc3ncnc(NCCc4ccc5c(c4)OCCO5)c23)cc1. The molecule has 0 amide bonds. The van der Waals surface area contributed by atoms with Crippen molar-refractivity contribution in [3.8, 4) is 22.6 Å². The van der Waals surface area contributed by atoms with E-state index in [2.05, 4.69) is 21.4 Å². The molecule has 1 N–H and O–H groups in total. The molecule has 2 aromatic carbocycles. The lowest BCUT2D eigenvalue weighted by molar-refractivity contribution is 0.171. The molecule has 0 unspecified atom stereocenters. The number of nitrogens with one attached hydrogen (secondary N) is 1. The van der Waals surface area contributed by atoms with Crippen LogP contribution in [0.25, 0.3) is 21.3 Å². The fourth-order valence-electron chi connectivity index (χ4n) is 3.42. The molecule has 1 aliphatic rings. The third-order valence-corrected chi connectivity index (χ3v) is 5.72. The lowest BCUT2D eigenvalue weighted by Crippen LogP contribution is -2.15. The monoisotopic (exact) mass is 407 g/mol. The summed E-state index contributed by atoms with van der Waals surface area (Å²) >= 11 is 1.56. The van der Waals surface area contributed by atoms with Crippen LogP contribution in [0.15, 0.2) is 54.2 Å². The quantitative estimate of drug-likeness (QED) is 0.509. The highest BCUT2D eigenvalue weighted by atomic mass is 32.1. The number of fused-ring (bicyclic) bond motifs is 2. The maximum absolute atomic E-state index is 13.3. The Balaban J connectivity index is 1.37.